The van der Waals surface area contributed by atoms with Crippen molar-refractivity contribution >= 4 is 5.78 Å². The Morgan fingerprint density at radius 3 is 2.60 bits per heavy atom. The number of hydrogen-bond donors (Lipinski definition) is 1. The molecule has 25 heavy (non-hydrogen) atoms. The quantitative estimate of drug-likeness (QED) is 0.897. The number of carbonyl (C=O) groups is 1. The summed E-state index contributed by atoms with van der Waals surface area (Å²) in [4.78, 5) is 14.6. The fourth-order valence-corrected chi connectivity index (χ4v) is 4.68. The number of nitrogens with zero attached hydrogens (tertiary/aromatic N) is 1. The second-order valence-corrected chi connectivity index (χ2v) is 6.87. The summed E-state index contributed by atoms with van der Waals surface area (Å²) in [6, 6.07) is 3.81. The molecule has 134 valence electrons. The van der Waals surface area contributed by atoms with Crippen molar-refractivity contribution in [2.24, 2.45) is 0 Å². The number of ether oxygens (including phenoxy) is 3. The van der Waals surface area contributed by atoms with E-state index in [0.717, 1.165) is 29.7 Å². The van der Waals surface area contributed by atoms with Gasteiger partial charge in [-0.25, -0.2) is 0 Å². The third-order valence-electron chi connectivity index (χ3n) is 5.87. The summed E-state index contributed by atoms with van der Waals surface area (Å²) in [5, 5.41) is 10.7. The van der Waals surface area contributed by atoms with E-state index in [1.54, 1.807) is 27.4 Å². The predicted octanol–water partition coefficient (Wildman–Crippen LogP) is 1.57. The summed E-state index contributed by atoms with van der Waals surface area (Å²) in [5.41, 5.74) is 2.52. The zero-order chi connectivity index (χ0) is 17.8. The van der Waals surface area contributed by atoms with Crippen LogP contribution in [-0.2, 0) is 15.1 Å². The van der Waals surface area contributed by atoms with Crippen LogP contribution < -0.4 is 9.47 Å². The Morgan fingerprint density at radius 2 is 1.92 bits per heavy atom. The van der Waals surface area contributed by atoms with E-state index in [9.17, 15) is 9.90 Å². The summed E-state index contributed by atoms with van der Waals surface area (Å²) in [5.74, 6) is 1.25. The van der Waals surface area contributed by atoms with Crippen LogP contribution in [0.1, 0.15) is 30.1 Å². The first-order chi connectivity index (χ1) is 12.0. The lowest BCUT2D eigenvalue weighted by Gasteiger charge is -2.49. The van der Waals surface area contributed by atoms with E-state index >= 15 is 0 Å². The van der Waals surface area contributed by atoms with Crippen molar-refractivity contribution in [2.75, 3.05) is 34.4 Å². The molecule has 1 aromatic carbocycles. The summed E-state index contributed by atoms with van der Waals surface area (Å²) >= 11 is 0. The predicted molar refractivity (Wildman–Crippen MR) is 90.9 cm³/mol. The largest absolute Gasteiger partial charge is 0.493 e. The summed E-state index contributed by atoms with van der Waals surface area (Å²) in [6.07, 6.45) is 2.06. The van der Waals surface area contributed by atoms with Gasteiger partial charge in [-0.2, -0.15) is 0 Å². The molecular weight excluding hydrogens is 322 g/mol. The van der Waals surface area contributed by atoms with Gasteiger partial charge in [0.15, 0.2) is 17.3 Å². The molecule has 0 amide bonds. The van der Waals surface area contributed by atoms with E-state index in [-0.39, 0.29) is 5.78 Å². The third-order valence-corrected chi connectivity index (χ3v) is 5.87. The third kappa shape index (κ3) is 2.18. The first-order valence-electron chi connectivity index (χ1n) is 8.52. The topological polar surface area (TPSA) is 68.2 Å². The smallest absolute Gasteiger partial charge is 0.184 e. The van der Waals surface area contributed by atoms with E-state index in [1.165, 1.54) is 0 Å². The molecule has 0 radical (unpaired) electrons. The van der Waals surface area contributed by atoms with Crippen LogP contribution in [-0.4, -0.2) is 56.3 Å². The minimum Gasteiger partial charge on any atom is -0.493 e. The van der Waals surface area contributed by atoms with Gasteiger partial charge in [-0.3, -0.25) is 9.69 Å². The van der Waals surface area contributed by atoms with Crippen LogP contribution in [0.15, 0.2) is 23.8 Å². The van der Waals surface area contributed by atoms with Gasteiger partial charge >= 0.3 is 0 Å². The van der Waals surface area contributed by atoms with Crippen molar-refractivity contribution in [3.63, 3.8) is 0 Å². The lowest BCUT2D eigenvalue weighted by atomic mass is 9.70. The van der Waals surface area contributed by atoms with Gasteiger partial charge in [0.1, 0.15) is 6.10 Å². The Bertz CT molecular complexity index is 758. The van der Waals surface area contributed by atoms with E-state index in [0.29, 0.717) is 24.5 Å². The zero-order valence-electron chi connectivity index (χ0n) is 14.7. The van der Waals surface area contributed by atoms with E-state index in [1.807, 2.05) is 12.1 Å². The van der Waals surface area contributed by atoms with Crippen LogP contribution in [0.2, 0.25) is 0 Å². The molecule has 3 aliphatic rings. The highest BCUT2D eigenvalue weighted by Crippen LogP contribution is 2.55. The fraction of sp³-hybridized carbons (Fsp3) is 0.526. The van der Waals surface area contributed by atoms with Crippen LogP contribution >= 0.6 is 0 Å². The Morgan fingerprint density at radius 1 is 1.20 bits per heavy atom. The molecule has 6 nitrogen and oxygen atoms in total. The summed E-state index contributed by atoms with van der Waals surface area (Å²) in [6.45, 7) is 1.35. The highest BCUT2D eigenvalue weighted by Gasteiger charge is 2.55. The first kappa shape index (κ1) is 16.6. The van der Waals surface area contributed by atoms with Gasteiger partial charge in [0.2, 0.25) is 0 Å². The zero-order valence-corrected chi connectivity index (χ0v) is 14.7. The molecule has 2 heterocycles. The van der Waals surface area contributed by atoms with Crippen molar-refractivity contribution in [2.45, 2.75) is 30.6 Å². The number of methoxy groups -OCH3 is 3. The Balaban J connectivity index is 1.96. The highest BCUT2D eigenvalue weighted by molar-refractivity contribution is 5.96. The first-order valence-corrected chi connectivity index (χ1v) is 8.52. The van der Waals surface area contributed by atoms with Gasteiger partial charge in [-0.1, -0.05) is 0 Å². The molecule has 1 aliphatic carbocycles. The minimum absolute atomic E-state index is 0.0260. The SMILES string of the molecule is COc1cc2c(cc1OC)[C@]13C[C@@H](OC)C(=O)C=C1CCN3C[C@@H]2O. The summed E-state index contributed by atoms with van der Waals surface area (Å²) in [7, 11) is 4.77. The van der Waals surface area contributed by atoms with Crippen LogP contribution in [0, 0.1) is 0 Å². The molecule has 6 heteroatoms. The number of carbonyl (C=O) groups excluding carboxylic acids is 1. The average Bonchev–Trinajstić information content (AvgIpc) is 2.98. The molecule has 2 aliphatic heterocycles. The van der Waals surface area contributed by atoms with Crippen molar-refractivity contribution in [1.82, 2.24) is 4.90 Å². The van der Waals surface area contributed by atoms with Crippen molar-refractivity contribution in [1.29, 1.82) is 0 Å². The molecule has 1 saturated heterocycles. The molecule has 0 unspecified atom stereocenters. The van der Waals surface area contributed by atoms with Crippen LogP contribution in [0.25, 0.3) is 0 Å². The molecule has 1 aromatic rings. The number of fused-ring (bicyclic) bond motifs is 1. The number of ketones is 1. The number of aliphatic hydroxyl groups is 1. The molecule has 4 rings (SSSR count). The molecular formula is C19H23NO5. The van der Waals surface area contributed by atoms with Crippen molar-refractivity contribution in [3.8, 4) is 11.5 Å². The molecule has 0 aromatic heterocycles. The lowest BCUT2D eigenvalue weighted by Crippen LogP contribution is -2.53. The molecule has 1 fully saturated rings. The maximum absolute atomic E-state index is 12.3. The number of hydrogen-bond acceptors (Lipinski definition) is 6. The van der Waals surface area contributed by atoms with Gasteiger partial charge in [-0.15, -0.1) is 0 Å². The maximum Gasteiger partial charge on any atom is 0.184 e. The second-order valence-electron chi connectivity index (χ2n) is 6.87. The van der Waals surface area contributed by atoms with Gasteiger partial charge in [-0.05, 0) is 41.3 Å². The summed E-state index contributed by atoms with van der Waals surface area (Å²) < 4.78 is 16.4. The van der Waals surface area contributed by atoms with E-state index in [2.05, 4.69) is 4.90 Å². The number of rotatable bonds is 3. The molecule has 1 N–H and O–H groups in total. The number of aliphatic hydroxyl groups excluding tert-OH is 1. The molecule has 0 saturated carbocycles. The van der Waals surface area contributed by atoms with E-state index in [4.69, 9.17) is 14.2 Å². The van der Waals surface area contributed by atoms with Gasteiger partial charge in [0, 0.05) is 26.6 Å². The molecule has 0 bridgehead atoms. The fourth-order valence-electron chi connectivity index (χ4n) is 4.68. The highest BCUT2D eigenvalue weighted by atomic mass is 16.5. The van der Waals surface area contributed by atoms with Crippen molar-refractivity contribution < 1.29 is 24.1 Å². The monoisotopic (exact) mass is 345 g/mol. The van der Waals surface area contributed by atoms with Crippen LogP contribution in [0.4, 0.5) is 0 Å². The van der Waals surface area contributed by atoms with Gasteiger partial charge in [0.05, 0.1) is 25.9 Å². The molecule has 1 spiro atoms. The Labute approximate surface area is 147 Å². The standard InChI is InChI=1S/C19H23NO5/c1-23-16-7-12-13(8-17(16)24-2)19-9-18(25-3)14(21)6-11(19)4-5-20(19)10-15(12)22/h6-8,15,18,22H,4-5,9-10H2,1-3H3/t15-,18+,19-/m0/s1. The van der Waals surface area contributed by atoms with Crippen LogP contribution in [0.3, 0.4) is 0 Å². The normalized spacial score (nSPS) is 31.0. The second kappa shape index (κ2) is 5.83. The van der Waals surface area contributed by atoms with Gasteiger partial charge in [0.25, 0.3) is 0 Å². The Kier molecular flexibility index (Phi) is 3.86. The lowest BCUT2D eigenvalue weighted by molar-refractivity contribution is -0.127. The van der Waals surface area contributed by atoms with E-state index < -0.39 is 17.7 Å². The maximum atomic E-state index is 12.3. The average molecular weight is 345 g/mol. The van der Waals surface area contributed by atoms with Gasteiger partial charge < -0.3 is 19.3 Å². The Hall–Kier alpha value is -1.89. The van der Waals surface area contributed by atoms with Crippen LogP contribution in [0.5, 0.6) is 11.5 Å². The minimum atomic E-state index is -0.599. The number of benzene rings is 1. The molecule has 3 atom stereocenters. The van der Waals surface area contributed by atoms with Crippen molar-refractivity contribution in [3.05, 3.63) is 34.9 Å².